The molecular weight excluding hydrogens is 318 g/mol. The Balaban J connectivity index is 2.09. The van der Waals surface area contributed by atoms with Crippen molar-refractivity contribution in [3.8, 4) is 0 Å². The summed E-state index contributed by atoms with van der Waals surface area (Å²) in [5.74, 6) is -1.59. The molecule has 126 valence electrons. The molecule has 0 unspecified atom stereocenters. The van der Waals surface area contributed by atoms with Crippen LogP contribution in [0.1, 0.15) is 48.0 Å². The molecule has 1 heterocycles. The molecule has 23 heavy (non-hydrogen) atoms. The maximum absolute atomic E-state index is 12.2. The van der Waals surface area contributed by atoms with Gasteiger partial charge in [0.05, 0.1) is 18.1 Å². The van der Waals surface area contributed by atoms with Gasteiger partial charge in [0.2, 0.25) is 0 Å². The first-order valence-corrected chi connectivity index (χ1v) is 8.53. The Kier molecular flexibility index (Phi) is 5.76. The number of amides is 1. The molecular formula is C16H21NO5S. The van der Waals surface area contributed by atoms with Gasteiger partial charge >= 0.3 is 11.9 Å². The van der Waals surface area contributed by atoms with Crippen molar-refractivity contribution in [3.63, 3.8) is 0 Å². The van der Waals surface area contributed by atoms with Crippen LogP contribution in [0, 0.1) is 5.92 Å². The molecule has 1 aromatic heterocycles. The Hall–Kier alpha value is -1.89. The molecule has 0 saturated heterocycles. The largest absolute Gasteiger partial charge is 0.462 e. The van der Waals surface area contributed by atoms with Crippen molar-refractivity contribution in [2.75, 3.05) is 18.5 Å². The van der Waals surface area contributed by atoms with Crippen LogP contribution < -0.4 is 5.32 Å². The lowest BCUT2D eigenvalue weighted by Gasteiger charge is -2.09. The van der Waals surface area contributed by atoms with Gasteiger partial charge < -0.3 is 14.8 Å². The van der Waals surface area contributed by atoms with E-state index in [0.717, 1.165) is 29.7 Å². The number of nitrogens with one attached hydrogen (secondary N) is 1. The average molecular weight is 339 g/mol. The molecule has 1 aliphatic carbocycles. The van der Waals surface area contributed by atoms with Gasteiger partial charge in [0.15, 0.2) is 6.61 Å². The summed E-state index contributed by atoms with van der Waals surface area (Å²) in [7, 11) is 0. The maximum Gasteiger partial charge on any atom is 0.341 e. The summed E-state index contributed by atoms with van der Waals surface area (Å²) in [4.78, 5) is 36.6. The second-order valence-corrected chi connectivity index (χ2v) is 6.70. The number of ether oxygens (including phenoxy) is 2. The third kappa shape index (κ3) is 4.10. The normalized spacial score (nSPS) is 12.9. The van der Waals surface area contributed by atoms with Crippen LogP contribution in [0.2, 0.25) is 0 Å². The zero-order chi connectivity index (χ0) is 17.0. The summed E-state index contributed by atoms with van der Waals surface area (Å²) in [6, 6.07) is 0. The molecule has 2 rings (SSSR count). The molecule has 1 amide bonds. The summed E-state index contributed by atoms with van der Waals surface area (Å²) in [6.07, 6.45) is 2.73. The standard InChI is InChI=1S/C16H21NO5S/c1-4-21-16(20)13-10-6-5-7-11(10)23-14(13)17-12(18)8-22-15(19)9(2)3/h9H,4-8H2,1-3H3,(H,17,18). The Morgan fingerprint density at radius 2 is 1.96 bits per heavy atom. The molecule has 0 saturated carbocycles. The molecule has 1 aliphatic rings. The van der Waals surface area contributed by atoms with Gasteiger partial charge in [0, 0.05) is 4.88 Å². The van der Waals surface area contributed by atoms with E-state index in [9.17, 15) is 14.4 Å². The number of hydrogen-bond acceptors (Lipinski definition) is 6. The number of carbonyl (C=O) groups excluding carboxylic acids is 3. The summed E-state index contributed by atoms with van der Waals surface area (Å²) < 4.78 is 9.99. The average Bonchev–Trinajstić information content (AvgIpc) is 3.04. The van der Waals surface area contributed by atoms with Crippen molar-refractivity contribution in [2.24, 2.45) is 5.92 Å². The van der Waals surface area contributed by atoms with Gasteiger partial charge in [-0.1, -0.05) is 13.8 Å². The van der Waals surface area contributed by atoms with E-state index in [1.165, 1.54) is 11.3 Å². The second kappa shape index (κ2) is 7.59. The van der Waals surface area contributed by atoms with Crippen molar-refractivity contribution in [3.05, 3.63) is 16.0 Å². The molecule has 0 radical (unpaired) electrons. The fourth-order valence-corrected chi connectivity index (χ4v) is 3.67. The molecule has 0 spiro atoms. The quantitative estimate of drug-likeness (QED) is 0.806. The molecule has 0 aromatic carbocycles. The molecule has 0 aliphatic heterocycles. The fourth-order valence-electron chi connectivity index (χ4n) is 2.38. The van der Waals surface area contributed by atoms with Crippen molar-refractivity contribution in [1.29, 1.82) is 0 Å². The third-order valence-electron chi connectivity index (χ3n) is 3.47. The molecule has 1 aromatic rings. The van der Waals surface area contributed by atoms with Gasteiger partial charge in [-0.15, -0.1) is 11.3 Å². The monoisotopic (exact) mass is 339 g/mol. The number of rotatable bonds is 6. The van der Waals surface area contributed by atoms with Gasteiger partial charge in [-0.05, 0) is 31.7 Å². The molecule has 7 heteroatoms. The number of thiophene rings is 1. The Morgan fingerprint density at radius 3 is 2.61 bits per heavy atom. The lowest BCUT2D eigenvalue weighted by molar-refractivity contribution is -0.150. The summed E-state index contributed by atoms with van der Waals surface area (Å²) >= 11 is 1.40. The van der Waals surface area contributed by atoms with Crippen LogP contribution >= 0.6 is 11.3 Å². The van der Waals surface area contributed by atoms with E-state index in [4.69, 9.17) is 9.47 Å². The molecule has 0 bridgehead atoms. The van der Waals surface area contributed by atoms with Gasteiger partial charge in [0.25, 0.3) is 5.91 Å². The zero-order valence-electron chi connectivity index (χ0n) is 13.6. The van der Waals surface area contributed by atoms with Crippen molar-refractivity contribution in [1.82, 2.24) is 0 Å². The summed E-state index contributed by atoms with van der Waals surface area (Å²) in [5, 5.41) is 3.16. The lowest BCUT2D eigenvalue weighted by Crippen LogP contribution is -2.23. The Bertz CT molecular complexity index is 620. The highest BCUT2D eigenvalue weighted by Gasteiger charge is 2.28. The SMILES string of the molecule is CCOC(=O)c1c(NC(=O)COC(=O)C(C)C)sc2c1CCC2. The van der Waals surface area contributed by atoms with E-state index in [2.05, 4.69) is 5.32 Å². The Morgan fingerprint density at radius 1 is 1.22 bits per heavy atom. The number of carbonyl (C=O) groups is 3. The number of aryl methyl sites for hydroxylation is 1. The number of esters is 2. The molecule has 1 N–H and O–H groups in total. The van der Waals surface area contributed by atoms with Crippen LogP contribution in [-0.4, -0.2) is 31.1 Å². The smallest absolute Gasteiger partial charge is 0.341 e. The van der Waals surface area contributed by atoms with E-state index in [-0.39, 0.29) is 19.1 Å². The zero-order valence-corrected chi connectivity index (χ0v) is 14.4. The highest BCUT2D eigenvalue weighted by atomic mass is 32.1. The van der Waals surface area contributed by atoms with E-state index in [1.807, 2.05) is 0 Å². The van der Waals surface area contributed by atoms with E-state index in [1.54, 1.807) is 20.8 Å². The third-order valence-corrected chi connectivity index (χ3v) is 4.68. The number of fused-ring (bicyclic) bond motifs is 1. The minimum Gasteiger partial charge on any atom is -0.462 e. The number of anilines is 1. The molecule has 0 fully saturated rings. The predicted molar refractivity (Wildman–Crippen MR) is 86.7 cm³/mol. The Labute approximate surface area is 139 Å². The number of hydrogen-bond donors (Lipinski definition) is 1. The van der Waals surface area contributed by atoms with Crippen molar-refractivity contribution < 1.29 is 23.9 Å². The second-order valence-electron chi connectivity index (χ2n) is 5.59. The van der Waals surface area contributed by atoms with Crippen LogP contribution in [0.15, 0.2) is 0 Å². The van der Waals surface area contributed by atoms with E-state index in [0.29, 0.717) is 10.6 Å². The van der Waals surface area contributed by atoms with Crippen LogP contribution in [-0.2, 0) is 31.9 Å². The molecule has 6 nitrogen and oxygen atoms in total. The topological polar surface area (TPSA) is 81.7 Å². The van der Waals surface area contributed by atoms with Crippen molar-refractivity contribution in [2.45, 2.75) is 40.0 Å². The minimum atomic E-state index is -0.454. The van der Waals surface area contributed by atoms with Gasteiger partial charge in [-0.25, -0.2) is 4.79 Å². The van der Waals surface area contributed by atoms with E-state index >= 15 is 0 Å². The van der Waals surface area contributed by atoms with Gasteiger partial charge in [-0.3, -0.25) is 9.59 Å². The minimum absolute atomic E-state index is 0.281. The van der Waals surface area contributed by atoms with Crippen LogP contribution in [0.5, 0.6) is 0 Å². The summed E-state index contributed by atoms with van der Waals surface area (Å²) in [5.41, 5.74) is 1.43. The van der Waals surface area contributed by atoms with E-state index < -0.39 is 17.8 Å². The highest BCUT2D eigenvalue weighted by molar-refractivity contribution is 7.17. The lowest BCUT2D eigenvalue weighted by atomic mass is 10.1. The summed E-state index contributed by atoms with van der Waals surface area (Å²) in [6.45, 7) is 5.06. The fraction of sp³-hybridized carbons (Fsp3) is 0.562. The van der Waals surface area contributed by atoms with Crippen LogP contribution in [0.4, 0.5) is 5.00 Å². The first kappa shape index (κ1) is 17.5. The van der Waals surface area contributed by atoms with Crippen LogP contribution in [0.3, 0.4) is 0 Å². The molecule has 0 atom stereocenters. The first-order chi connectivity index (χ1) is 10.9. The first-order valence-electron chi connectivity index (χ1n) is 7.72. The van der Waals surface area contributed by atoms with Crippen molar-refractivity contribution >= 4 is 34.2 Å². The van der Waals surface area contributed by atoms with Crippen LogP contribution in [0.25, 0.3) is 0 Å². The predicted octanol–water partition coefficient (Wildman–Crippen LogP) is 2.55. The maximum atomic E-state index is 12.2. The highest BCUT2D eigenvalue weighted by Crippen LogP contribution is 2.39. The van der Waals surface area contributed by atoms with Gasteiger partial charge in [-0.2, -0.15) is 0 Å². The van der Waals surface area contributed by atoms with Gasteiger partial charge in [0.1, 0.15) is 5.00 Å².